The van der Waals surface area contributed by atoms with Crippen LogP contribution in [0.2, 0.25) is 0 Å². The molecule has 0 spiro atoms. The Hall–Kier alpha value is -4.35. The molecule has 3 rings (SSSR count). The molecule has 12 nitrogen and oxygen atoms in total. The maximum Gasteiger partial charge on any atom is 0.325 e. The van der Waals surface area contributed by atoms with Crippen LogP contribution in [-0.2, 0) is 4.79 Å². The van der Waals surface area contributed by atoms with Gasteiger partial charge >= 0.3 is 5.70 Å². The van der Waals surface area contributed by atoms with Crippen LogP contribution in [0, 0.1) is 20.2 Å². The molecule has 3 aliphatic rings. The van der Waals surface area contributed by atoms with E-state index in [1.807, 2.05) is 0 Å². The number of nitrogens with zero attached hydrogens (tertiary/aromatic N) is 5. The topological polar surface area (TPSA) is 173 Å². The predicted molar refractivity (Wildman–Crippen MR) is 88.1 cm³/mol. The van der Waals surface area contributed by atoms with Gasteiger partial charge in [-0.2, -0.15) is 4.73 Å². The van der Waals surface area contributed by atoms with Crippen molar-refractivity contribution >= 4 is 11.5 Å². The molecule has 0 saturated carbocycles. The number of fused-ring (bicyclic) bond motifs is 1. The second kappa shape index (κ2) is 6.51. The molecule has 0 atom stereocenters. The van der Waals surface area contributed by atoms with Gasteiger partial charge in [0.25, 0.3) is 11.5 Å². The van der Waals surface area contributed by atoms with E-state index in [9.17, 15) is 35.3 Å². The summed E-state index contributed by atoms with van der Waals surface area (Å²) in [4.78, 5) is 32.0. The number of rotatable bonds is 3. The first-order valence-electron chi connectivity index (χ1n) is 7.20. The lowest BCUT2D eigenvalue weighted by atomic mass is 10.1. The predicted octanol–water partition coefficient (Wildman–Crippen LogP) is 0.696. The van der Waals surface area contributed by atoms with E-state index >= 15 is 0 Å². The van der Waals surface area contributed by atoms with Gasteiger partial charge in [0.2, 0.25) is 0 Å². The van der Waals surface area contributed by atoms with Crippen molar-refractivity contribution in [2.45, 2.75) is 0 Å². The number of carbonyl (C=O) groups excluding carboxylic acids is 1. The van der Waals surface area contributed by atoms with E-state index in [4.69, 9.17) is 0 Å². The minimum atomic E-state index is -1.13. The normalized spacial score (nSPS) is 16.4. The van der Waals surface area contributed by atoms with Crippen LogP contribution < -0.4 is 5.36 Å². The highest BCUT2D eigenvalue weighted by molar-refractivity contribution is 6.49. The summed E-state index contributed by atoms with van der Waals surface area (Å²) in [5, 5.41) is 49.0. The second-order valence-electron chi connectivity index (χ2n) is 5.25. The summed E-state index contributed by atoms with van der Waals surface area (Å²) in [5.41, 5.74) is -2.00. The average molecular weight is 371 g/mol. The molecule has 0 saturated heterocycles. The lowest BCUT2D eigenvalue weighted by molar-refractivity contribution is -0.430. The Morgan fingerprint density at radius 1 is 1.04 bits per heavy atom. The molecule has 0 fully saturated rings. The average Bonchev–Trinajstić information content (AvgIpc) is 2.61. The number of Topliss-reactive ketones (excluding diaryl/α,β-unsaturated/α-hetero) is 1. The van der Waals surface area contributed by atoms with Gasteiger partial charge in [-0.1, -0.05) is 0 Å². The summed E-state index contributed by atoms with van der Waals surface area (Å²) in [7, 11) is 0. The van der Waals surface area contributed by atoms with Crippen LogP contribution >= 0.6 is 0 Å². The molecular formula is C15H9N5O7. The van der Waals surface area contributed by atoms with Gasteiger partial charge in [-0.3, -0.25) is 25.0 Å². The van der Waals surface area contributed by atoms with Gasteiger partial charge in [0.05, 0.1) is 21.3 Å². The molecule has 12 heteroatoms. The molecule has 27 heavy (non-hydrogen) atoms. The van der Waals surface area contributed by atoms with Crippen molar-refractivity contribution in [3.05, 3.63) is 79.6 Å². The SMILES string of the molecule is O=C1C([N+](=O)[O-])=CC([N+](=O)[O-])=C/C1=N/N=c1/ccc(O)c2n(O)cccc1-2. The van der Waals surface area contributed by atoms with Gasteiger partial charge in [-0.25, -0.2) is 0 Å². The van der Waals surface area contributed by atoms with Crippen molar-refractivity contribution in [1.29, 1.82) is 0 Å². The van der Waals surface area contributed by atoms with Crippen molar-refractivity contribution in [1.82, 2.24) is 4.73 Å². The van der Waals surface area contributed by atoms with Gasteiger partial charge in [-0.15, -0.1) is 10.2 Å². The number of ketones is 1. The molecule has 0 unspecified atom stereocenters. The number of aromatic hydroxyl groups is 1. The van der Waals surface area contributed by atoms with Gasteiger partial charge in [-0.05, 0) is 24.3 Å². The minimum absolute atomic E-state index is 0.0151. The number of pyridine rings is 1. The van der Waals surface area contributed by atoms with Gasteiger partial charge < -0.3 is 10.3 Å². The number of hydrogen-bond acceptors (Lipinski definition) is 9. The Balaban J connectivity index is 2.16. The van der Waals surface area contributed by atoms with E-state index in [-0.39, 0.29) is 22.4 Å². The van der Waals surface area contributed by atoms with Gasteiger partial charge in [0, 0.05) is 17.8 Å². The Kier molecular flexibility index (Phi) is 4.21. The molecule has 2 N–H and O–H groups in total. The number of aromatic nitrogens is 1. The van der Waals surface area contributed by atoms with E-state index in [2.05, 4.69) is 10.2 Å². The molecule has 1 aliphatic heterocycles. The number of hydrogen-bond donors (Lipinski definition) is 2. The number of allylic oxidation sites excluding steroid dienone is 3. The lowest BCUT2D eigenvalue weighted by Gasteiger charge is -2.11. The van der Waals surface area contributed by atoms with Crippen LogP contribution in [0.4, 0.5) is 0 Å². The second-order valence-corrected chi connectivity index (χ2v) is 5.25. The summed E-state index contributed by atoms with van der Waals surface area (Å²) < 4.78 is 0.654. The zero-order chi connectivity index (χ0) is 19.7. The summed E-state index contributed by atoms with van der Waals surface area (Å²) in [5.74, 6) is -1.38. The zero-order valence-electron chi connectivity index (χ0n) is 13.2. The number of benzene rings is 1. The summed E-state index contributed by atoms with van der Waals surface area (Å²) in [6, 6.07) is 5.51. The van der Waals surface area contributed by atoms with Crippen molar-refractivity contribution in [2.24, 2.45) is 10.2 Å². The molecule has 0 aromatic heterocycles. The fraction of sp³-hybridized carbons (Fsp3) is 0. The molecule has 136 valence electrons. The largest absolute Gasteiger partial charge is 0.506 e. The third-order valence-electron chi connectivity index (χ3n) is 3.60. The first-order chi connectivity index (χ1) is 12.8. The molecule has 1 heterocycles. The van der Waals surface area contributed by atoms with Crippen LogP contribution in [0.5, 0.6) is 5.75 Å². The maximum absolute atomic E-state index is 12.1. The van der Waals surface area contributed by atoms with Crippen LogP contribution in [0.25, 0.3) is 11.3 Å². The van der Waals surface area contributed by atoms with E-state index in [1.54, 1.807) is 0 Å². The fourth-order valence-corrected chi connectivity index (χ4v) is 2.38. The van der Waals surface area contributed by atoms with Crippen molar-refractivity contribution < 1.29 is 25.0 Å². The maximum atomic E-state index is 12.1. The number of carbonyl (C=O) groups is 1. The van der Waals surface area contributed by atoms with Crippen molar-refractivity contribution in [2.75, 3.05) is 0 Å². The Labute approximate surface area is 148 Å². The third kappa shape index (κ3) is 3.13. The highest BCUT2D eigenvalue weighted by atomic mass is 16.6. The fourth-order valence-electron chi connectivity index (χ4n) is 2.38. The standard InChI is InChI=1S/C15H9N5O7/c21-13-4-3-10(9-2-1-5-18(23)14(9)13)16-17-11-6-8(19(24)25)7-12(15(11)22)20(26)27/h1-7,21,23H/b16-10-,17-11-. The van der Waals surface area contributed by atoms with E-state index < -0.39 is 32.7 Å². The molecule has 0 amide bonds. The van der Waals surface area contributed by atoms with E-state index in [0.717, 1.165) is 6.08 Å². The number of phenolic OH excluding ortho intramolecular Hbond substituents is 1. The van der Waals surface area contributed by atoms with Crippen LogP contribution in [0.1, 0.15) is 0 Å². The smallest absolute Gasteiger partial charge is 0.325 e. The monoisotopic (exact) mass is 371 g/mol. The van der Waals surface area contributed by atoms with Gasteiger partial charge in [0.1, 0.15) is 17.2 Å². The van der Waals surface area contributed by atoms with E-state index in [0.29, 0.717) is 10.8 Å². The minimum Gasteiger partial charge on any atom is -0.506 e. The van der Waals surface area contributed by atoms with E-state index in [1.165, 1.54) is 30.5 Å². The summed E-state index contributed by atoms with van der Waals surface area (Å²) >= 11 is 0. The molecule has 0 bridgehead atoms. The van der Waals surface area contributed by atoms with Crippen LogP contribution in [-0.4, -0.2) is 36.4 Å². The number of nitro groups is 2. The van der Waals surface area contributed by atoms with Crippen molar-refractivity contribution in [3.63, 3.8) is 0 Å². The lowest BCUT2D eigenvalue weighted by Crippen LogP contribution is -2.25. The highest BCUT2D eigenvalue weighted by Crippen LogP contribution is 2.26. The molecule has 2 aliphatic carbocycles. The first kappa shape index (κ1) is 17.5. The Morgan fingerprint density at radius 3 is 2.44 bits per heavy atom. The first-order valence-corrected chi connectivity index (χ1v) is 7.20. The molecule has 0 radical (unpaired) electrons. The zero-order valence-corrected chi connectivity index (χ0v) is 13.2. The summed E-state index contributed by atoms with van der Waals surface area (Å²) in [6.45, 7) is 0. The Morgan fingerprint density at radius 2 is 1.78 bits per heavy atom. The highest BCUT2D eigenvalue weighted by Gasteiger charge is 2.34. The molecular weight excluding hydrogens is 362 g/mol. The quantitative estimate of drug-likeness (QED) is 0.345. The number of phenols is 1. The van der Waals surface area contributed by atoms with Crippen LogP contribution in [0.3, 0.4) is 0 Å². The molecule has 0 aromatic rings. The van der Waals surface area contributed by atoms with Crippen molar-refractivity contribution in [3.8, 4) is 17.0 Å². The van der Waals surface area contributed by atoms with Gasteiger partial charge in [0.15, 0.2) is 0 Å². The Bertz CT molecular complexity index is 1130. The third-order valence-corrected chi connectivity index (χ3v) is 3.60. The van der Waals surface area contributed by atoms with Crippen LogP contribution in [0.15, 0.2) is 64.2 Å². The summed E-state index contributed by atoms with van der Waals surface area (Å²) in [6.07, 6.45) is 2.59. The molecule has 0 aromatic carbocycles.